The van der Waals surface area contributed by atoms with E-state index in [4.69, 9.17) is 21.3 Å². The first kappa shape index (κ1) is 31.2. The summed E-state index contributed by atoms with van der Waals surface area (Å²) in [6.07, 6.45) is 5.08. The summed E-state index contributed by atoms with van der Waals surface area (Å²) in [5.41, 5.74) is 3.65. The molecule has 0 unspecified atom stereocenters. The van der Waals surface area contributed by atoms with Gasteiger partial charge in [-0.15, -0.1) is 0 Å². The van der Waals surface area contributed by atoms with Crippen molar-refractivity contribution in [1.29, 1.82) is 0 Å². The van der Waals surface area contributed by atoms with Crippen molar-refractivity contribution in [3.63, 3.8) is 0 Å². The second-order valence-electron chi connectivity index (χ2n) is 12.1. The molecule has 0 bridgehead atoms. The van der Waals surface area contributed by atoms with E-state index in [1.165, 1.54) is 0 Å². The van der Waals surface area contributed by atoms with Gasteiger partial charge in [0.15, 0.2) is 0 Å². The van der Waals surface area contributed by atoms with Crippen LogP contribution in [0.15, 0.2) is 42.6 Å². The number of rotatable bonds is 9. The number of carbonyl (C=O) groups is 2. The number of halogens is 1. The highest BCUT2D eigenvalue weighted by molar-refractivity contribution is 6.33. The van der Waals surface area contributed by atoms with Crippen LogP contribution >= 0.6 is 11.6 Å². The van der Waals surface area contributed by atoms with Crippen LogP contribution < -0.4 is 15.5 Å². The first-order valence-corrected chi connectivity index (χ1v) is 16.2. The van der Waals surface area contributed by atoms with E-state index in [1.54, 1.807) is 18.0 Å². The number of nitrogens with zero attached hydrogens (tertiary/aromatic N) is 6. The van der Waals surface area contributed by atoms with Crippen LogP contribution in [0.25, 0.3) is 11.3 Å². The maximum atomic E-state index is 13.5. The quantitative estimate of drug-likeness (QED) is 0.365. The first-order valence-electron chi connectivity index (χ1n) is 15.8. The fourth-order valence-corrected chi connectivity index (χ4v) is 6.31. The molecule has 1 aromatic carbocycles. The third-order valence-electron chi connectivity index (χ3n) is 8.88. The Labute approximate surface area is 269 Å². The van der Waals surface area contributed by atoms with Gasteiger partial charge in [-0.3, -0.25) is 9.59 Å². The van der Waals surface area contributed by atoms with Crippen LogP contribution in [0.5, 0.6) is 0 Å². The number of hydrogen-bond acceptors (Lipinski definition) is 9. The SMILES string of the molecule is C[C@H](C(=O)NCCc1cccc(N2CCCN(C)CC2)n1)N1Cc2ccc(-c3nc(NC4CCOCC4)ncc3Cl)cc2C1=O. The summed E-state index contributed by atoms with van der Waals surface area (Å²) in [5.74, 6) is 1.11. The van der Waals surface area contributed by atoms with Gasteiger partial charge in [-0.25, -0.2) is 15.0 Å². The van der Waals surface area contributed by atoms with E-state index >= 15 is 0 Å². The summed E-state index contributed by atoms with van der Waals surface area (Å²) in [7, 11) is 2.15. The summed E-state index contributed by atoms with van der Waals surface area (Å²) in [6, 6.07) is 11.3. The number of pyridine rings is 1. The Bertz CT molecular complexity index is 1530. The van der Waals surface area contributed by atoms with Crippen molar-refractivity contribution in [2.45, 2.75) is 51.2 Å². The maximum Gasteiger partial charge on any atom is 0.255 e. The van der Waals surface area contributed by atoms with E-state index in [-0.39, 0.29) is 17.9 Å². The second-order valence-corrected chi connectivity index (χ2v) is 12.5. The topological polar surface area (TPSA) is 116 Å². The molecule has 2 saturated heterocycles. The Kier molecular flexibility index (Phi) is 9.77. The minimum atomic E-state index is -0.625. The number of likely N-dealkylation sites (N-methyl/N-ethyl adjacent to an activating group) is 1. The van der Waals surface area contributed by atoms with Crippen LogP contribution in [0.3, 0.4) is 0 Å². The van der Waals surface area contributed by atoms with E-state index in [2.05, 4.69) is 43.5 Å². The average Bonchev–Trinajstić information content (AvgIpc) is 3.22. The molecule has 1 atom stereocenters. The summed E-state index contributed by atoms with van der Waals surface area (Å²) < 4.78 is 5.44. The molecule has 2 N–H and O–H groups in total. The monoisotopic (exact) mass is 632 g/mol. The number of aromatic nitrogens is 3. The summed E-state index contributed by atoms with van der Waals surface area (Å²) in [6.45, 7) is 8.05. The molecular weight excluding hydrogens is 592 g/mol. The third kappa shape index (κ3) is 7.37. The molecule has 5 heterocycles. The number of anilines is 2. The Morgan fingerprint density at radius 1 is 1.11 bits per heavy atom. The normalized spacial score (nSPS) is 18.4. The van der Waals surface area contributed by atoms with Crippen LogP contribution in [0.2, 0.25) is 5.02 Å². The largest absolute Gasteiger partial charge is 0.381 e. The van der Waals surface area contributed by atoms with Crippen molar-refractivity contribution in [3.8, 4) is 11.3 Å². The predicted octanol–water partition coefficient (Wildman–Crippen LogP) is 3.63. The fourth-order valence-electron chi connectivity index (χ4n) is 6.11. The number of ether oxygens (including phenoxy) is 1. The molecule has 3 aliphatic heterocycles. The highest BCUT2D eigenvalue weighted by atomic mass is 35.5. The predicted molar refractivity (Wildman–Crippen MR) is 175 cm³/mol. The molecule has 3 aromatic rings. The van der Waals surface area contributed by atoms with Gasteiger partial charge in [-0.1, -0.05) is 29.8 Å². The maximum absolute atomic E-state index is 13.5. The van der Waals surface area contributed by atoms with Gasteiger partial charge in [-0.2, -0.15) is 0 Å². The van der Waals surface area contributed by atoms with Gasteiger partial charge in [0.25, 0.3) is 5.91 Å². The average molecular weight is 633 g/mol. The number of fused-ring (bicyclic) bond motifs is 1. The molecular formula is C33H41ClN8O3. The molecule has 0 radical (unpaired) electrons. The van der Waals surface area contributed by atoms with E-state index in [1.807, 2.05) is 30.3 Å². The molecule has 0 spiro atoms. The summed E-state index contributed by atoms with van der Waals surface area (Å²) in [4.78, 5) is 46.8. The minimum Gasteiger partial charge on any atom is -0.381 e. The van der Waals surface area contributed by atoms with Gasteiger partial charge in [0.2, 0.25) is 11.9 Å². The third-order valence-corrected chi connectivity index (χ3v) is 9.15. The number of amides is 2. The zero-order valence-electron chi connectivity index (χ0n) is 26.0. The Morgan fingerprint density at radius 3 is 2.80 bits per heavy atom. The van der Waals surface area contributed by atoms with E-state index in [0.29, 0.717) is 55.0 Å². The lowest BCUT2D eigenvalue weighted by molar-refractivity contribution is -0.125. The molecule has 11 nitrogen and oxygen atoms in total. The van der Waals surface area contributed by atoms with Crippen LogP contribution in [-0.2, 0) is 22.5 Å². The van der Waals surface area contributed by atoms with Crippen LogP contribution in [0, 0.1) is 0 Å². The van der Waals surface area contributed by atoms with Crippen LogP contribution in [0.1, 0.15) is 47.8 Å². The van der Waals surface area contributed by atoms with Crippen molar-refractivity contribution in [1.82, 2.24) is 30.1 Å². The fraction of sp³-hybridized carbons (Fsp3) is 0.485. The van der Waals surface area contributed by atoms with Crippen molar-refractivity contribution >= 4 is 35.2 Å². The van der Waals surface area contributed by atoms with Crippen molar-refractivity contribution in [2.24, 2.45) is 0 Å². The summed E-state index contributed by atoms with van der Waals surface area (Å²) >= 11 is 6.50. The van der Waals surface area contributed by atoms with Crippen molar-refractivity contribution < 1.29 is 14.3 Å². The van der Waals surface area contributed by atoms with Gasteiger partial charge in [0.1, 0.15) is 11.9 Å². The van der Waals surface area contributed by atoms with Crippen molar-refractivity contribution in [3.05, 3.63) is 64.4 Å². The summed E-state index contributed by atoms with van der Waals surface area (Å²) in [5, 5.41) is 6.79. The van der Waals surface area contributed by atoms with E-state index < -0.39 is 6.04 Å². The number of carbonyl (C=O) groups excluding carboxylic acids is 2. The first-order chi connectivity index (χ1) is 21.9. The zero-order valence-corrected chi connectivity index (χ0v) is 26.7. The smallest absolute Gasteiger partial charge is 0.255 e. The zero-order chi connectivity index (χ0) is 31.3. The van der Waals surface area contributed by atoms with E-state index in [9.17, 15) is 9.59 Å². The highest BCUT2D eigenvalue weighted by Gasteiger charge is 2.34. The van der Waals surface area contributed by atoms with Crippen LogP contribution in [-0.4, -0.2) is 102 Å². The van der Waals surface area contributed by atoms with Crippen molar-refractivity contribution in [2.75, 3.05) is 63.2 Å². The molecule has 2 fully saturated rings. The van der Waals surface area contributed by atoms with Gasteiger partial charge >= 0.3 is 0 Å². The van der Waals surface area contributed by atoms with Crippen LogP contribution in [0.4, 0.5) is 11.8 Å². The van der Waals surface area contributed by atoms with Gasteiger partial charge in [-0.05, 0) is 63.5 Å². The molecule has 0 aliphatic carbocycles. The minimum absolute atomic E-state index is 0.183. The highest BCUT2D eigenvalue weighted by Crippen LogP contribution is 2.32. The molecule has 12 heteroatoms. The molecule has 2 amide bonds. The van der Waals surface area contributed by atoms with E-state index in [0.717, 1.165) is 68.1 Å². The lowest BCUT2D eigenvalue weighted by atomic mass is 10.0. The Morgan fingerprint density at radius 2 is 1.96 bits per heavy atom. The molecule has 45 heavy (non-hydrogen) atoms. The molecule has 6 rings (SSSR count). The molecule has 3 aliphatic rings. The lowest BCUT2D eigenvalue weighted by Gasteiger charge is -2.23. The molecule has 0 saturated carbocycles. The number of nitrogens with one attached hydrogen (secondary N) is 2. The van der Waals surface area contributed by atoms with Gasteiger partial charge < -0.3 is 30.1 Å². The second kappa shape index (κ2) is 14.1. The number of hydrogen-bond donors (Lipinski definition) is 2. The Balaban J connectivity index is 1.06. The lowest BCUT2D eigenvalue weighted by Crippen LogP contribution is -2.45. The van der Waals surface area contributed by atoms with Gasteiger partial charge in [0.05, 0.1) is 16.9 Å². The number of benzene rings is 1. The Hall–Kier alpha value is -3.80. The van der Waals surface area contributed by atoms with Gasteiger partial charge in [0, 0.05) is 75.2 Å². The molecule has 2 aromatic heterocycles. The standard InChI is InChI=1S/C33H41ClN8O3/c1-22(31(43)35-12-9-25-5-3-6-29(37-25)41-14-4-13-40(2)15-16-41)42-21-24-8-7-23(19-27(24)32(42)44)30-28(34)20-36-33(39-30)38-26-10-17-45-18-11-26/h3,5-8,19-20,22,26H,4,9-18,21H2,1-2H3,(H,35,43)(H,36,38,39)/t22-/m1/s1. The molecule has 238 valence electrons.